The van der Waals surface area contributed by atoms with E-state index < -0.39 is 11.9 Å². The van der Waals surface area contributed by atoms with E-state index in [0.717, 1.165) is 22.7 Å². The van der Waals surface area contributed by atoms with Crippen LogP contribution in [0.5, 0.6) is 5.75 Å². The minimum absolute atomic E-state index is 0.222. The zero-order chi connectivity index (χ0) is 29.1. The molecule has 0 aliphatic rings. The molecule has 0 unspecified atom stereocenters. The van der Waals surface area contributed by atoms with Gasteiger partial charge in [0.05, 0.1) is 22.4 Å². The molecule has 6 rings (SSSR count). The maximum atomic E-state index is 13.5. The normalized spacial score (nSPS) is 11.4. The molecule has 0 fully saturated rings. The number of nitrogens with zero attached hydrogens (tertiary/aromatic N) is 2. The minimum atomic E-state index is -4.59. The standard InChI is InChI=1S/C33H23F3N4O2/c34-33(35,36)31-19-30(27-9-2-4-11-29(27)40-31)37-23-7-5-8-24(18-23)39-32(41)22-13-16-26(17-14-22)42-20-25-15-12-21-6-1-3-10-28(21)38-25/h1-19H,20H2,(H,37,40)(H,39,41). The van der Waals surface area contributed by atoms with Crippen molar-refractivity contribution >= 4 is 44.8 Å². The summed E-state index contributed by atoms with van der Waals surface area (Å²) in [5, 5.41) is 7.47. The van der Waals surface area contributed by atoms with E-state index >= 15 is 0 Å². The Labute approximate surface area is 238 Å². The van der Waals surface area contributed by atoms with E-state index in [1.165, 1.54) is 6.07 Å². The molecule has 4 aromatic carbocycles. The van der Waals surface area contributed by atoms with Crippen LogP contribution >= 0.6 is 0 Å². The van der Waals surface area contributed by atoms with Gasteiger partial charge in [0, 0.05) is 27.7 Å². The minimum Gasteiger partial charge on any atom is -0.487 e. The van der Waals surface area contributed by atoms with Crippen molar-refractivity contribution < 1.29 is 22.7 Å². The third kappa shape index (κ3) is 6.00. The maximum absolute atomic E-state index is 13.5. The first kappa shape index (κ1) is 26.8. The smallest absolute Gasteiger partial charge is 0.433 e. The summed E-state index contributed by atoms with van der Waals surface area (Å²) >= 11 is 0. The molecule has 2 aromatic heterocycles. The average molecular weight is 565 g/mol. The van der Waals surface area contributed by atoms with E-state index in [2.05, 4.69) is 20.6 Å². The SMILES string of the molecule is O=C(Nc1cccc(Nc2cc(C(F)(F)F)nc3ccccc23)c1)c1ccc(OCc2ccc3ccccc3n2)cc1. The van der Waals surface area contributed by atoms with E-state index in [1.54, 1.807) is 66.7 Å². The molecule has 2 heterocycles. The molecular weight excluding hydrogens is 541 g/mol. The summed E-state index contributed by atoms with van der Waals surface area (Å²) in [5.74, 6) is 0.249. The number of hydrogen-bond donors (Lipinski definition) is 2. The lowest BCUT2D eigenvalue weighted by Crippen LogP contribution is -2.12. The van der Waals surface area contributed by atoms with Crippen molar-refractivity contribution in [2.45, 2.75) is 12.8 Å². The van der Waals surface area contributed by atoms with Crippen molar-refractivity contribution in [3.8, 4) is 5.75 Å². The Hall–Kier alpha value is -5.44. The van der Waals surface area contributed by atoms with Crippen LogP contribution in [0.3, 0.4) is 0 Å². The topological polar surface area (TPSA) is 76.1 Å². The summed E-state index contributed by atoms with van der Waals surface area (Å²) < 4.78 is 46.2. The number of halogens is 3. The summed E-state index contributed by atoms with van der Waals surface area (Å²) in [7, 11) is 0. The van der Waals surface area contributed by atoms with Crippen molar-refractivity contribution in [3.63, 3.8) is 0 Å². The molecule has 0 radical (unpaired) electrons. The Morgan fingerprint density at radius 2 is 1.48 bits per heavy atom. The number of rotatable bonds is 7. The van der Waals surface area contributed by atoms with Gasteiger partial charge in [0.15, 0.2) is 0 Å². The molecule has 1 amide bonds. The van der Waals surface area contributed by atoms with E-state index in [9.17, 15) is 18.0 Å². The van der Waals surface area contributed by atoms with Gasteiger partial charge in [-0.15, -0.1) is 0 Å². The van der Waals surface area contributed by atoms with E-state index in [4.69, 9.17) is 4.74 Å². The van der Waals surface area contributed by atoms with Gasteiger partial charge in [0.2, 0.25) is 0 Å². The Bertz CT molecular complexity index is 1910. The molecule has 208 valence electrons. The zero-order valence-electron chi connectivity index (χ0n) is 22.0. The summed E-state index contributed by atoms with van der Waals surface area (Å²) in [6, 6.07) is 32.8. The maximum Gasteiger partial charge on any atom is 0.433 e. The van der Waals surface area contributed by atoms with Gasteiger partial charge < -0.3 is 15.4 Å². The lowest BCUT2D eigenvalue weighted by Gasteiger charge is -2.14. The number of pyridine rings is 2. The molecular formula is C33H23F3N4O2. The second-order valence-electron chi connectivity index (χ2n) is 9.54. The summed E-state index contributed by atoms with van der Waals surface area (Å²) in [5.41, 5.74) is 2.56. The van der Waals surface area contributed by atoms with Crippen LogP contribution in [0.2, 0.25) is 0 Å². The highest BCUT2D eigenvalue weighted by Gasteiger charge is 2.33. The second kappa shape index (κ2) is 11.2. The first-order valence-electron chi connectivity index (χ1n) is 13.0. The number of ether oxygens (including phenoxy) is 1. The van der Waals surface area contributed by atoms with Crippen LogP contribution in [0.1, 0.15) is 21.7 Å². The average Bonchev–Trinajstić information content (AvgIpc) is 3.00. The molecule has 42 heavy (non-hydrogen) atoms. The predicted molar refractivity (Wildman–Crippen MR) is 157 cm³/mol. The number of hydrogen-bond acceptors (Lipinski definition) is 5. The van der Waals surface area contributed by atoms with Gasteiger partial charge in [-0.05, 0) is 66.7 Å². The van der Waals surface area contributed by atoms with Crippen LogP contribution in [-0.4, -0.2) is 15.9 Å². The van der Waals surface area contributed by atoms with Crippen molar-refractivity contribution in [3.05, 3.63) is 132 Å². The molecule has 6 aromatic rings. The highest BCUT2D eigenvalue weighted by Crippen LogP contribution is 2.34. The largest absolute Gasteiger partial charge is 0.487 e. The van der Waals surface area contributed by atoms with Gasteiger partial charge in [-0.2, -0.15) is 13.2 Å². The number of benzene rings is 4. The molecule has 0 bridgehead atoms. The molecule has 0 saturated heterocycles. The molecule has 0 aliphatic heterocycles. The third-order valence-electron chi connectivity index (χ3n) is 6.57. The fraction of sp³-hybridized carbons (Fsp3) is 0.0606. The molecule has 9 heteroatoms. The number of carbonyl (C=O) groups is 1. The van der Waals surface area contributed by atoms with Crippen molar-refractivity contribution in [1.29, 1.82) is 0 Å². The van der Waals surface area contributed by atoms with Crippen LogP contribution in [-0.2, 0) is 12.8 Å². The number of anilines is 3. The van der Waals surface area contributed by atoms with Gasteiger partial charge in [-0.1, -0.05) is 48.5 Å². The van der Waals surface area contributed by atoms with E-state index in [1.807, 2.05) is 36.4 Å². The first-order valence-corrected chi connectivity index (χ1v) is 13.0. The molecule has 0 spiro atoms. The Balaban J connectivity index is 1.12. The van der Waals surface area contributed by atoms with Crippen molar-refractivity contribution in [2.24, 2.45) is 0 Å². The Morgan fingerprint density at radius 1 is 0.738 bits per heavy atom. The fourth-order valence-electron chi connectivity index (χ4n) is 4.51. The monoisotopic (exact) mass is 564 g/mol. The number of para-hydroxylation sites is 2. The number of fused-ring (bicyclic) bond motifs is 2. The third-order valence-corrected chi connectivity index (χ3v) is 6.57. The van der Waals surface area contributed by atoms with Gasteiger partial charge in [-0.25, -0.2) is 9.97 Å². The number of carbonyl (C=O) groups excluding carboxylic acids is 1. The number of alkyl halides is 3. The molecule has 0 atom stereocenters. The van der Waals surface area contributed by atoms with E-state index in [0.29, 0.717) is 28.1 Å². The van der Waals surface area contributed by atoms with Crippen LogP contribution in [0, 0.1) is 0 Å². The molecule has 0 saturated carbocycles. The molecule has 0 aliphatic carbocycles. The van der Waals surface area contributed by atoms with Crippen LogP contribution in [0.15, 0.2) is 115 Å². The zero-order valence-corrected chi connectivity index (χ0v) is 22.0. The predicted octanol–water partition coefficient (Wildman–Crippen LogP) is 8.38. The van der Waals surface area contributed by atoms with Gasteiger partial charge in [-0.3, -0.25) is 4.79 Å². The number of amides is 1. The number of nitrogens with one attached hydrogen (secondary N) is 2. The lowest BCUT2D eigenvalue weighted by atomic mass is 10.1. The van der Waals surface area contributed by atoms with Crippen LogP contribution in [0.4, 0.5) is 30.2 Å². The van der Waals surface area contributed by atoms with Crippen LogP contribution in [0.25, 0.3) is 21.8 Å². The summed E-state index contributed by atoms with van der Waals surface area (Å²) in [6.07, 6.45) is -4.59. The molecule has 2 N–H and O–H groups in total. The highest BCUT2D eigenvalue weighted by molar-refractivity contribution is 6.04. The Morgan fingerprint density at radius 3 is 2.29 bits per heavy atom. The van der Waals surface area contributed by atoms with Gasteiger partial charge >= 0.3 is 6.18 Å². The first-order chi connectivity index (χ1) is 20.3. The Kier molecular flexibility index (Phi) is 7.14. The summed E-state index contributed by atoms with van der Waals surface area (Å²) in [4.78, 5) is 21.3. The summed E-state index contributed by atoms with van der Waals surface area (Å²) in [6.45, 7) is 0.285. The van der Waals surface area contributed by atoms with E-state index in [-0.39, 0.29) is 23.7 Å². The highest BCUT2D eigenvalue weighted by atomic mass is 19.4. The fourth-order valence-corrected chi connectivity index (χ4v) is 4.51. The van der Waals surface area contributed by atoms with Gasteiger partial charge in [0.1, 0.15) is 18.1 Å². The van der Waals surface area contributed by atoms with Gasteiger partial charge in [0.25, 0.3) is 5.91 Å². The quantitative estimate of drug-likeness (QED) is 0.204. The van der Waals surface area contributed by atoms with Crippen LogP contribution < -0.4 is 15.4 Å². The van der Waals surface area contributed by atoms with Crippen molar-refractivity contribution in [1.82, 2.24) is 9.97 Å². The second-order valence-corrected chi connectivity index (χ2v) is 9.54. The van der Waals surface area contributed by atoms with Crippen molar-refractivity contribution in [2.75, 3.05) is 10.6 Å². The molecule has 6 nitrogen and oxygen atoms in total. The lowest BCUT2D eigenvalue weighted by molar-refractivity contribution is -0.140. The number of aromatic nitrogens is 2.